The molecule has 0 saturated carbocycles. The molecular weight excluding hydrogens is 241 g/mol. The van der Waals surface area contributed by atoms with E-state index in [1.165, 1.54) is 12.1 Å². The van der Waals surface area contributed by atoms with Crippen LogP contribution in [0.5, 0.6) is 0 Å². The van der Waals surface area contributed by atoms with E-state index in [1.807, 2.05) is 12.1 Å². The molecule has 1 fully saturated rings. The van der Waals surface area contributed by atoms with Crippen molar-refractivity contribution < 1.29 is 4.39 Å². The Labute approximate surface area is 115 Å². The minimum atomic E-state index is -0.191. The predicted octanol–water partition coefficient (Wildman–Crippen LogP) is 2.07. The van der Waals surface area contributed by atoms with Crippen LogP contribution < -0.4 is 10.6 Å². The first-order chi connectivity index (χ1) is 8.94. The highest BCUT2D eigenvalue weighted by Gasteiger charge is 2.33. The second kappa shape index (κ2) is 5.47. The van der Waals surface area contributed by atoms with Gasteiger partial charge in [-0.05, 0) is 51.6 Å². The van der Waals surface area contributed by atoms with Crippen LogP contribution in [0, 0.1) is 5.82 Å². The van der Waals surface area contributed by atoms with E-state index in [1.54, 1.807) is 0 Å². The molecule has 19 heavy (non-hydrogen) atoms. The summed E-state index contributed by atoms with van der Waals surface area (Å²) in [6.07, 6.45) is 1.07. The molecule has 0 bridgehead atoms. The molecule has 106 valence electrons. The van der Waals surface area contributed by atoms with Gasteiger partial charge in [0.1, 0.15) is 5.82 Å². The smallest absolute Gasteiger partial charge is 0.123 e. The summed E-state index contributed by atoms with van der Waals surface area (Å²) >= 11 is 0. The number of anilines is 1. The number of nitrogens with two attached hydrogens (primary N) is 1. The average Bonchev–Trinajstić information content (AvgIpc) is 2.49. The number of hydrogen-bond donors (Lipinski definition) is 1. The molecule has 3 nitrogen and oxygen atoms in total. The van der Waals surface area contributed by atoms with Gasteiger partial charge in [-0.15, -0.1) is 0 Å². The summed E-state index contributed by atoms with van der Waals surface area (Å²) < 4.78 is 13.1. The van der Waals surface area contributed by atoms with E-state index in [9.17, 15) is 4.39 Å². The van der Waals surface area contributed by atoms with E-state index >= 15 is 0 Å². The second-order valence-corrected chi connectivity index (χ2v) is 6.02. The summed E-state index contributed by atoms with van der Waals surface area (Å²) in [4.78, 5) is 4.68. The molecule has 1 saturated heterocycles. The molecule has 1 aromatic rings. The lowest BCUT2D eigenvalue weighted by Crippen LogP contribution is -2.49. The molecule has 1 unspecified atom stereocenters. The van der Waals surface area contributed by atoms with Crippen molar-refractivity contribution in [3.8, 4) is 0 Å². The molecule has 0 amide bonds. The zero-order valence-electron chi connectivity index (χ0n) is 12.1. The van der Waals surface area contributed by atoms with Gasteiger partial charge in [-0.1, -0.05) is 0 Å². The molecule has 1 atom stereocenters. The van der Waals surface area contributed by atoms with E-state index in [-0.39, 0.29) is 11.4 Å². The minimum absolute atomic E-state index is 0.0516. The molecule has 2 rings (SSSR count). The van der Waals surface area contributed by atoms with Gasteiger partial charge in [0.05, 0.1) is 0 Å². The molecule has 1 aliphatic heterocycles. The molecule has 0 aromatic heterocycles. The monoisotopic (exact) mass is 265 g/mol. The van der Waals surface area contributed by atoms with Crippen LogP contribution in [0.4, 0.5) is 10.1 Å². The normalized spacial score (nSPS) is 24.3. The van der Waals surface area contributed by atoms with E-state index in [0.717, 1.165) is 25.2 Å². The van der Waals surface area contributed by atoms with Gasteiger partial charge in [-0.2, -0.15) is 0 Å². The largest absolute Gasteiger partial charge is 0.365 e. The first-order valence-electron chi connectivity index (χ1n) is 6.87. The lowest BCUT2D eigenvalue weighted by Gasteiger charge is -2.40. The van der Waals surface area contributed by atoms with Gasteiger partial charge in [0.2, 0.25) is 0 Å². The molecule has 4 heteroatoms. The number of likely N-dealkylation sites (N-methyl/N-ethyl adjacent to an activating group) is 1. The third kappa shape index (κ3) is 3.07. The van der Waals surface area contributed by atoms with Gasteiger partial charge in [-0.25, -0.2) is 4.39 Å². The molecule has 0 aliphatic carbocycles. The van der Waals surface area contributed by atoms with E-state index in [2.05, 4.69) is 30.7 Å². The Morgan fingerprint density at radius 1 is 1.32 bits per heavy atom. The first kappa shape index (κ1) is 14.3. The SMILES string of the molecule is CN1CCC(C)(C)N(c2ccc(F)cc2)CC1CN. The van der Waals surface area contributed by atoms with Gasteiger partial charge < -0.3 is 15.5 Å². The Bertz CT molecular complexity index is 416. The van der Waals surface area contributed by atoms with Crippen LogP contribution in [0.15, 0.2) is 24.3 Å². The van der Waals surface area contributed by atoms with Crippen molar-refractivity contribution in [2.24, 2.45) is 5.73 Å². The number of halogens is 1. The van der Waals surface area contributed by atoms with Crippen molar-refractivity contribution in [2.45, 2.75) is 31.8 Å². The number of nitrogens with zero attached hydrogens (tertiary/aromatic N) is 2. The van der Waals surface area contributed by atoms with Crippen molar-refractivity contribution in [3.05, 3.63) is 30.1 Å². The number of rotatable bonds is 2. The van der Waals surface area contributed by atoms with Crippen LogP contribution in [-0.4, -0.2) is 43.2 Å². The molecular formula is C15H24FN3. The maximum atomic E-state index is 13.1. The van der Waals surface area contributed by atoms with Crippen molar-refractivity contribution in [3.63, 3.8) is 0 Å². The summed E-state index contributed by atoms with van der Waals surface area (Å²) in [5.74, 6) is -0.191. The fraction of sp³-hybridized carbons (Fsp3) is 0.600. The zero-order valence-corrected chi connectivity index (χ0v) is 12.1. The number of hydrogen-bond acceptors (Lipinski definition) is 3. The van der Waals surface area contributed by atoms with Crippen LogP contribution in [0.2, 0.25) is 0 Å². The van der Waals surface area contributed by atoms with Gasteiger partial charge in [0.25, 0.3) is 0 Å². The van der Waals surface area contributed by atoms with Crippen LogP contribution in [0.3, 0.4) is 0 Å². The summed E-state index contributed by atoms with van der Waals surface area (Å²) in [5, 5.41) is 0. The van der Waals surface area contributed by atoms with Crippen molar-refractivity contribution in [1.29, 1.82) is 0 Å². The summed E-state index contributed by atoms with van der Waals surface area (Å²) in [5.41, 5.74) is 7.01. The lowest BCUT2D eigenvalue weighted by atomic mass is 9.97. The highest BCUT2D eigenvalue weighted by Crippen LogP contribution is 2.30. The third-order valence-electron chi connectivity index (χ3n) is 4.23. The quantitative estimate of drug-likeness (QED) is 0.888. The predicted molar refractivity (Wildman–Crippen MR) is 77.9 cm³/mol. The maximum absolute atomic E-state index is 13.1. The minimum Gasteiger partial charge on any atom is -0.365 e. The van der Waals surface area contributed by atoms with Gasteiger partial charge in [0, 0.05) is 36.9 Å². The molecule has 0 spiro atoms. The molecule has 1 aliphatic rings. The Balaban J connectivity index is 2.30. The van der Waals surface area contributed by atoms with Crippen molar-refractivity contribution in [1.82, 2.24) is 4.90 Å². The Hall–Kier alpha value is -1.13. The maximum Gasteiger partial charge on any atom is 0.123 e. The van der Waals surface area contributed by atoms with Crippen LogP contribution in [0.1, 0.15) is 20.3 Å². The van der Waals surface area contributed by atoms with Gasteiger partial charge >= 0.3 is 0 Å². The summed E-state index contributed by atoms with van der Waals surface area (Å²) in [6, 6.07) is 7.10. The van der Waals surface area contributed by atoms with E-state index in [4.69, 9.17) is 5.73 Å². The Morgan fingerprint density at radius 2 is 1.95 bits per heavy atom. The van der Waals surface area contributed by atoms with Crippen LogP contribution in [-0.2, 0) is 0 Å². The standard InChI is InChI=1S/C15H24FN3/c1-15(2)8-9-18(3)14(10-17)11-19(15)13-6-4-12(16)5-7-13/h4-7,14H,8-11,17H2,1-3H3. The molecule has 0 radical (unpaired) electrons. The lowest BCUT2D eigenvalue weighted by molar-refractivity contribution is 0.263. The first-order valence-corrected chi connectivity index (χ1v) is 6.87. The topological polar surface area (TPSA) is 32.5 Å². The van der Waals surface area contributed by atoms with Gasteiger partial charge in [-0.3, -0.25) is 0 Å². The second-order valence-electron chi connectivity index (χ2n) is 6.02. The Morgan fingerprint density at radius 3 is 2.53 bits per heavy atom. The molecule has 1 heterocycles. The van der Waals surface area contributed by atoms with Gasteiger partial charge in [0.15, 0.2) is 0 Å². The molecule has 2 N–H and O–H groups in total. The van der Waals surface area contributed by atoms with Crippen LogP contribution >= 0.6 is 0 Å². The highest BCUT2D eigenvalue weighted by atomic mass is 19.1. The Kier molecular flexibility index (Phi) is 4.11. The van der Waals surface area contributed by atoms with E-state index in [0.29, 0.717) is 12.6 Å². The fourth-order valence-corrected chi connectivity index (χ4v) is 2.70. The number of benzene rings is 1. The fourth-order valence-electron chi connectivity index (χ4n) is 2.70. The summed E-state index contributed by atoms with van der Waals surface area (Å²) in [6.45, 7) is 7.04. The third-order valence-corrected chi connectivity index (χ3v) is 4.23. The average molecular weight is 265 g/mol. The van der Waals surface area contributed by atoms with Crippen LogP contribution in [0.25, 0.3) is 0 Å². The highest BCUT2D eigenvalue weighted by molar-refractivity contribution is 5.49. The summed E-state index contributed by atoms with van der Waals surface area (Å²) in [7, 11) is 2.13. The molecule has 1 aromatic carbocycles. The van der Waals surface area contributed by atoms with E-state index < -0.39 is 0 Å². The van der Waals surface area contributed by atoms with Crippen molar-refractivity contribution in [2.75, 3.05) is 31.6 Å². The zero-order chi connectivity index (χ0) is 14.0. The van der Waals surface area contributed by atoms with Crippen molar-refractivity contribution >= 4 is 5.69 Å².